The second kappa shape index (κ2) is 5.39. The summed E-state index contributed by atoms with van der Waals surface area (Å²) in [6, 6.07) is 2.91. The number of amides is 1. The van der Waals surface area contributed by atoms with Crippen molar-refractivity contribution in [2.75, 3.05) is 12.3 Å². The molecule has 0 aliphatic carbocycles. The summed E-state index contributed by atoms with van der Waals surface area (Å²) in [5, 5.41) is 3.97. The molecule has 2 aromatic heterocycles. The Labute approximate surface area is 114 Å². The van der Waals surface area contributed by atoms with Crippen molar-refractivity contribution in [3.8, 4) is 5.82 Å². The molecule has 4 N–H and O–H groups in total. The molecule has 8 heteroatoms. The fourth-order valence-electron chi connectivity index (χ4n) is 1.54. The Morgan fingerprint density at radius 1 is 1.40 bits per heavy atom. The minimum atomic E-state index is -0.677. The van der Waals surface area contributed by atoms with Crippen molar-refractivity contribution in [3.63, 3.8) is 0 Å². The number of pyridine rings is 1. The minimum absolute atomic E-state index is 0.0578. The number of nitrogens with two attached hydrogens (primary N) is 2. The van der Waals surface area contributed by atoms with Gasteiger partial charge in [-0.3, -0.25) is 4.79 Å². The van der Waals surface area contributed by atoms with Crippen molar-refractivity contribution in [3.05, 3.63) is 35.8 Å². The lowest BCUT2D eigenvalue weighted by Crippen LogP contribution is -2.15. The zero-order chi connectivity index (χ0) is 14.7. The van der Waals surface area contributed by atoms with E-state index in [2.05, 4.69) is 10.1 Å². The van der Waals surface area contributed by atoms with E-state index in [1.807, 2.05) is 0 Å². The average molecular weight is 275 g/mol. The van der Waals surface area contributed by atoms with E-state index in [9.17, 15) is 9.59 Å². The van der Waals surface area contributed by atoms with E-state index in [1.54, 1.807) is 6.92 Å². The van der Waals surface area contributed by atoms with Crippen molar-refractivity contribution in [1.29, 1.82) is 0 Å². The molecular formula is C12H13N5O3. The Hall–Kier alpha value is -2.90. The number of hydrogen-bond acceptors (Lipinski definition) is 6. The predicted octanol–water partition coefficient (Wildman–Crippen LogP) is 0.125. The van der Waals surface area contributed by atoms with E-state index >= 15 is 0 Å². The van der Waals surface area contributed by atoms with Crippen molar-refractivity contribution in [2.45, 2.75) is 6.92 Å². The van der Waals surface area contributed by atoms with Crippen molar-refractivity contribution in [1.82, 2.24) is 14.8 Å². The van der Waals surface area contributed by atoms with Crippen molar-refractivity contribution in [2.24, 2.45) is 5.73 Å². The minimum Gasteiger partial charge on any atom is -0.462 e. The first kappa shape index (κ1) is 13.5. The molecule has 2 heterocycles. The lowest BCUT2D eigenvalue weighted by Gasteiger charge is -2.05. The first-order chi connectivity index (χ1) is 9.52. The van der Waals surface area contributed by atoms with E-state index in [-0.39, 0.29) is 23.7 Å². The van der Waals surface area contributed by atoms with Crippen molar-refractivity contribution >= 4 is 17.6 Å². The number of hydrogen-bond donors (Lipinski definition) is 2. The summed E-state index contributed by atoms with van der Waals surface area (Å²) in [6.45, 7) is 1.97. The Bertz CT molecular complexity index is 665. The third-order valence-electron chi connectivity index (χ3n) is 2.47. The second-order valence-electron chi connectivity index (χ2n) is 3.87. The molecule has 0 aliphatic heterocycles. The Balaban J connectivity index is 2.39. The van der Waals surface area contributed by atoms with Crippen LogP contribution in [-0.2, 0) is 4.74 Å². The summed E-state index contributed by atoms with van der Waals surface area (Å²) in [4.78, 5) is 26.7. The number of carbonyl (C=O) groups excluding carboxylic acids is 2. The smallest absolute Gasteiger partial charge is 0.341 e. The van der Waals surface area contributed by atoms with Gasteiger partial charge in [-0.1, -0.05) is 0 Å². The maximum absolute atomic E-state index is 11.5. The van der Waals surface area contributed by atoms with Gasteiger partial charge in [-0.25, -0.2) is 14.5 Å². The molecule has 0 atom stereocenters. The van der Waals surface area contributed by atoms with Gasteiger partial charge in [-0.2, -0.15) is 5.10 Å². The molecule has 0 spiro atoms. The zero-order valence-corrected chi connectivity index (χ0v) is 10.7. The third-order valence-corrected chi connectivity index (χ3v) is 2.47. The first-order valence-corrected chi connectivity index (χ1v) is 5.81. The summed E-state index contributed by atoms with van der Waals surface area (Å²) >= 11 is 0. The number of rotatable bonds is 4. The summed E-state index contributed by atoms with van der Waals surface area (Å²) in [7, 11) is 0. The Morgan fingerprint density at radius 2 is 2.15 bits per heavy atom. The van der Waals surface area contributed by atoms with Crippen LogP contribution in [0.3, 0.4) is 0 Å². The highest BCUT2D eigenvalue weighted by Gasteiger charge is 2.14. The number of primary amides is 1. The predicted molar refractivity (Wildman–Crippen MR) is 70.2 cm³/mol. The summed E-state index contributed by atoms with van der Waals surface area (Å²) in [5.74, 6) is -0.954. The van der Waals surface area contributed by atoms with Gasteiger partial charge in [0.15, 0.2) is 5.82 Å². The van der Waals surface area contributed by atoms with Gasteiger partial charge in [0.2, 0.25) is 0 Å². The number of aromatic nitrogens is 3. The standard InChI is InChI=1S/C12H13N5O3/c1-2-20-12(19)7-5-15-17(6-7)11-8(13)3-4-9(16-11)10(14)18/h3-6H,2,13H2,1H3,(H2,14,18). The molecule has 0 radical (unpaired) electrons. The van der Waals surface area contributed by atoms with Crippen LogP contribution in [0.25, 0.3) is 5.82 Å². The Kier molecular flexibility index (Phi) is 3.65. The van der Waals surface area contributed by atoms with Gasteiger partial charge in [0.25, 0.3) is 5.91 Å². The van der Waals surface area contributed by atoms with Gasteiger partial charge in [-0.15, -0.1) is 0 Å². The molecule has 2 rings (SSSR count). The highest BCUT2D eigenvalue weighted by atomic mass is 16.5. The number of anilines is 1. The van der Waals surface area contributed by atoms with Crippen LogP contribution in [0, 0.1) is 0 Å². The topological polar surface area (TPSA) is 126 Å². The zero-order valence-electron chi connectivity index (χ0n) is 10.7. The van der Waals surface area contributed by atoms with Crippen LogP contribution >= 0.6 is 0 Å². The largest absolute Gasteiger partial charge is 0.462 e. The first-order valence-electron chi connectivity index (χ1n) is 5.81. The molecule has 2 aromatic rings. The number of carbonyl (C=O) groups is 2. The summed E-state index contributed by atoms with van der Waals surface area (Å²) in [5.41, 5.74) is 11.6. The van der Waals surface area contributed by atoms with Crippen LogP contribution < -0.4 is 11.5 Å². The number of esters is 1. The lowest BCUT2D eigenvalue weighted by molar-refractivity contribution is 0.0526. The SMILES string of the molecule is CCOC(=O)c1cnn(-c2nc(C(N)=O)ccc2N)c1. The van der Waals surface area contributed by atoms with Crippen LogP contribution in [0.5, 0.6) is 0 Å². The lowest BCUT2D eigenvalue weighted by atomic mass is 10.3. The van der Waals surface area contributed by atoms with Crippen LogP contribution in [0.1, 0.15) is 27.8 Å². The molecule has 0 aromatic carbocycles. The molecule has 0 fully saturated rings. The highest BCUT2D eigenvalue weighted by Crippen LogP contribution is 2.15. The fourth-order valence-corrected chi connectivity index (χ4v) is 1.54. The fraction of sp³-hybridized carbons (Fsp3) is 0.167. The quantitative estimate of drug-likeness (QED) is 0.763. The normalized spacial score (nSPS) is 10.2. The molecular weight excluding hydrogens is 262 g/mol. The summed E-state index contributed by atoms with van der Waals surface area (Å²) < 4.78 is 6.14. The maximum Gasteiger partial charge on any atom is 0.341 e. The van der Waals surface area contributed by atoms with E-state index in [0.717, 1.165) is 0 Å². The summed E-state index contributed by atoms with van der Waals surface area (Å²) in [6.07, 6.45) is 2.75. The molecule has 0 aliphatic rings. The van der Waals surface area contributed by atoms with Gasteiger partial charge in [0.05, 0.1) is 24.1 Å². The molecule has 0 unspecified atom stereocenters. The van der Waals surface area contributed by atoms with E-state index < -0.39 is 11.9 Å². The van der Waals surface area contributed by atoms with Crippen LogP contribution in [0.2, 0.25) is 0 Å². The van der Waals surface area contributed by atoms with Gasteiger partial charge in [-0.05, 0) is 19.1 Å². The number of nitrogen functional groups attached to an aromatic ring is 1. The molecule has 8 nitrogen and oxygen atoms in total. The molecule has 1 amide bonds. The second-order valence-corrected chi connectivity index (χ2v) is 3.87. The van der Waals surface area contributed by atoms with E-state index in [0.29, 0.717) is 5.69 Å². The number of ether oxygens (including phenoxy) is 1. The average Bonchev–Trinajstić information content (AvgIpc) is 2.88. The molecule has 20 heavy (non-hydrogen) atoms. The third kappa shape index (κ3) is 2.58. The highest BCUT2D eigenvalue weighted by molar-refractivity contribution is 5.91. The van der Waals surface area contributed by atoms with Gasteiger partial charge < -0.3 is 16.2 Å². The van der Waals surface area contributed by atoms with E-state index in [1.165, 1.54) is 29.2 Å². The maximum atomic E-state index is 11.5. The van der Waals surface area contributed by atoms with Crippen LogP contribution in [0.4, 0.5) is 5.69 Å². The molecule has 104 valence electrons. The van der Waals surface area contributed by atoms with E-state index in [4.69, 9.17) is 16.2 Å². The molecule has 0 bridgehead atoms. The van der Waals surface area contributed by atoms with Gasteiger partial charge >= 0.3 is 5.97 Å². The molecule has 0 saturated carbocycles. The Morgan fingerprint density at radius 3 is 2.80 bits per heavy atom. The monoisotopic (exact) mass is 275 g/mol. The van der Waals surface area contributed by atoms with Crippen LogP contribution in [-0.4, -0.2) is 33.2 Å². The molecule has 0 saturated heterocycles. The van der Waals surface area contributed by atoms with Crippen molar-refractivity contribution < 1.29 is 14.3 Å². The number of nitrogens with zero attached hydrogens (tertiary/aromatic N) is 3. The van der Waals surface area contributed by atoms with Gasteiger partial charge in [0.1, 0.15) is 5.69 Å². The van der Waals surface area contributed by atoms with Crippen LogP contribution in [0.15, 0.2) is 24.5 Å². The van der Waals surface area contributed by atoms with Gasteiger partial charge in [0, 0.05) is 6.20 Å².